The average molecular weight is 276 g/mol. The van der Waals surface area contributed by atoms with Crippen molar-refractivity contribution in [1.82, 2.24) is 0 Å². The molecule has 2 atom stereocenters. The molecular formula is C11H16O8. The summed E-state index contributed by atoms with van der Waals surface area (Å²) in [5.41, 5.74) is -2.81. The quantitative estimate of drug-likeness (QED) is 0.428. The summed E-state index contributed by atoms with van der Waals surface area (Å²) in [6, 6.07) is 0. The van der Waals surface area contributed by atoms with Crippen molar-refractivity contribution in [3.63, 3.8) is 0 Å². The fraction of sp³-hybridized carbons (Fsp3) is 0.636. The Balaban J connectivity index is 5.39. The molecule has 0 aliphatic rings. The van der Waals surface area contributed by atoms with E-state index in [0.29, 0.717) is 6.42 Å². The number of aliphatic carboxylic acids is 2. The molecule has 108 valence electrons. The lowest BCUT2D eigenvalue weighted by Crippen LogP contribution is -2.51. The molecule has 0 bridgehead atoms. The zero-order valence-corrected chi connectivity index (χ0v) is 10.6. The van der Waals surface area contributed by atoms with Crippen LogP contribution in [0.5, 0.6) is 0 Å². The number of aliphatic hydroxyl groups is 1. The Morgan fingerprint density at radius 3 is 2.05 bits per heavy atom. The molecule has 0 saturated heterocycles. The van der Waals surface area contributed by atoms with Gasteiger partial charge in [-0.1, -0.05) is 13.3 Å². The predicted molar refractivity (Wildman–Crippen MR) is 60.0 cm³/mol. The van der Waals surface area contributed by atoms with Gasteiger partial charge < -0.3 is 20.1 Å². The average Bonchev–Trinajstić information content (AvgIpc) is 2.23. The van der Waals surface area contributed by atoms with Crippen molar-refractivity contribution in [2.75, 3.05) is 0 Å². The molecule has 0 heterocycles. The summed E-state index contributed by atoms with van der Waals surface area (Å²) in [4.78, 5) is 44.0. The molecule has 19 heavy (non-hydrogen) atoms. The molecule has 0 fully saturated rings. The first-order chi connectivity index (χ1) is 8.65. The van der Waals surface area contributed by atoms with Crippen LogP contribution >= 0.6 is 0 Å². The van der Waals surface area contributed by atoms with Crippen molar-refractivity contribution in [2.45, 2.75) is 38.7 Å². The van der Waals surface area contributed by atoms with Crippen LogP contribution in [0.4, 0.5) is 0 Å². The zero-order valence-electron chi connectivity index (χ0n) is 10.6. The second-order valence-corrected chi connectivity index (χ2v) is 4.05. The van der Waals surface area contributed by atoms with Crippen LogP contribution in [0.2, 0.25) is 0 Å². The number of esters is 2. The fourth-order valence-corrected chi connectivity index (χ4v) is 1.63. The van der Waals surface area contributed by atoms with Gasteiger partial charge in [-0.2, -0.15) is 0 Å². The summed E-state index contributed by atoms with van der Waals surface area (Å²) in [7, 11) is 0. The molecular weight excluding hydrogens is 260 g/mol. The van der Waals surface area contributed by atoms with Crippen molar-refractivity contribution in [2.24, 2.45) is 5.92 Å². The molecule has 0 spiro atoms. The molecule has 0 rings (SSSR count). The third-order valence-electron chi connectivity index (χ3n) is 2.47. The Morgan fingerprint density at radius 2 is 1.74 bits per heavy atom. The van der Waals surface area contributed by atoms with E-state index in [2.05, 4.69) is 4.74 Å². The Kier molecular flexibility index (Phi) is 6.13. The minimum atomic E-state index is -2.81. The standard InChI is InChI=1S/C11H16O8/c1-3-4-7(9(15)19-6(2)12)11(18,10(16)17)5-8(13)14/h7,18H,3-5H2,1-2H3,(H,13,14)(H,16,17). The van der Waals surface area contributed by atoms with Gasteiger partial charge in [0.15, 0.2) is 5.60 Å². The lowest BCUT2D eigenvalue weighted by molar-refractivity contribution is -0.183. The summed E-state index contributed by atoms with van der Waals surface area (Å²) >= 11 is 0. The lowest BCUT2D eigenvalue weighted by Gasteiger charge is -2.28. The second-order valence-electron chi connectivity index (χ2n) is 4.05. The van der Waals surface area contributed by atoms with E-state index >= 15 is 0 Å². The van der Waals surface area contributed by atoms with Gasteiger partial charge in [0.05, 0.1) is 12.3 Å². The van der Waals surface area contributed by atoms with Gasteiger partial charge in [0, 0.05) is 6.92 Å². The smallest absolute Gasteiger partial charge is 0.337 e. The van der Waals surface area contributed by atoms with E-state index in [1.165, 1.54) is 0 Å². The van der Waals surface area contributed by atoms with Gasteiger partial charge in [0.1, 0.15) is 0 Å². The van der Waals surface area contributed by atoms with Crippen LogP contribution in [0, 0.1) is 5.92 Å². The van der Waals surface area contributed by atoms with Crippen LogP contribution in [0.1, 0.15) is 33.1 Å². The molecule has 0 aromatic rings. The summed E-state index contributed by atoms with van der Waals surface area (Å²) in [6.07, 6.45) is -0.991. The number of rotatable bonds is 7. The number of ether oxygens (including phenoxy) is 1. The van der Waals surface area contributed by atoms with Crippen LogP contribution in [0.25, 0.3) is 0 Å². The third kappa shape index (κ3) is 4.66. The highest BCUT2D eigenvalue weighted by Crippen LogP contribution is 2.28. The Bertz CT molecular complexity index is 388. The van der Waals surface area contributed by atoms with E-state index in [4.69, 9.17) is 10.2 Å². The highest BCUT2D eigenvalue weighted by atomic mass is 16.6. The summed E-state index contributed by atoms with van der Waals surface area (Å²) in [5.74, 6) is -7.28. The summed E-state index contributed by atoms with van der Waals surface area (Å²) in [5, 5.41) is 27.5. The molecule has 0 radical (unpaired) electrons. The maximum Gasteiger partial charge on any atom is 0.337 e. The SMILES string of the molecule is CCCC(C(=O)OC(C)=O)C(O)(CC(=O)O)C(=O)O. The van der Waals surface area contributed by atoms with E-state index in [-0.39, 0.29) is 6.42 Å². The van der Waals surface area contributed by atoms with Crippen molar-refractivity contribution in [3.05, 3.63) is 0 Å². The second kappa shape index (κ2) is 6.83. The molecule has 8 heteroatoms. The fourth-order valence-electron chi connectivity index (χ4n) is 1.63. The van der Waals surface area contributed by atoms with Crippen molar-refractivity contribution in [3.8, 4) is 0 Å². The molecule has 3 N–H and O–H groups in total. The minimum Gasteiger partial charge on any atom is -0.481 e. The molecule has 0 saturated carbocycles. The highest BCUT2D eigenvalue weighted by molar-refractivity contribution is 5.93. The molecule has 8 nitrogen and oxygen atoms in total. The monoisotopic (exact) mass is 276 g/mol. The molecule has 0 amide bonds. The Labute approximate surface area is 109 Å². The van der Waals surface area contributed by atoms with E-state index in [1.807, 2.05) is 0 Å². The van der Waals surface area contributed by atoms with E-state index < -0.39 is 41.8 Å². The highest BCUT2D eigenvalue weighted by Gasteiger charge is 2.50. The van der Waals surface area contributed by atoms with E-state index in [1.54, 1.807) is 6.92 Å². The van der Waals surface area contributed by atoms with E-state index in [0.717, 1.165) is 6.92 Å². The maximum atomic E-state index is 11.6. The Morgan fingerprint density at radius 1 is 1.21 bits per heavy atom. The van der Waals surface area contributed by atoms with Gasteiger partial charge in [0.25, 0.3) is 0 Å². The first-order valence-corrected chi connectivity index (χ1v) is 5.55. The first kappa shape index (κ1) is 17.0. The number of carboxylic acids is 2. The van der Waals surface area contributed by atoms with Crippen LogP contribution in [0.3, 0.4) is 0 Å². The van der Waals surface area contributed by atoms with Crippen LogP contribution in [-0.2, 0) is 23.9 Å². The largest absolute Gasteiger partial charge is 0.481 e. The predicted octanol–water partition coefficient (Wildman–Crippen LogP) is -0.217. The molecule has 0 aliphatic heterocycles. The molecule has 2 unspecified atom stereocenters. The van der Waals surface area contributed by atoms with E-state index in [9.17, 15) is 24.3 Å². The number of carbonyl (C=O) groups is 4. The summed E-state index contributed by atoms with van der Waals surface area (Å²) < 4.78 is 4.25. The van der Waals surface area contributed by atoms with Crippen molar-refractivity contribution >= 4 is 23.9 Å². The van der Waals surface area contributed by atoms with Crippen LogP contribution < -0.4 is 0 Å². The Hall–Kier alpha value is -1.96. The third-order valence-corrected chi connectivity index (χ3v) is 2.47. The molecule has 0 aliphatic carbocycles. The van der Waals surface area contributed by atoms with Gasteiger partial charge in [-0.3, -0.25) is 14.4 Å². The van der Waals surface area contributed by atoms with Gasteiger partial charge in [-0.05, 0) is 6.42 Å². The van der Waals surface area contributed by atoms with Crippen LogP contribution in [0.15, 0.2) is 0 Å². The van der Waals surface area contributed by atoms with Crippen LogP contribution in [-0.4, -0.2) is 44.8 Å². The molecule has 0 aromatic carbocycles. The van der Waals surface area contributed by atoms with Crippen molar-refractivity contribution < 1.29 is 39.2 Å². The summed E-state index contributed by atoms with van der Waals surface area (Å²) in [6.45, 7) is 2.55. The lowest BCUT2D eigenvalue weighted by atomic mass is 9.81. The van der Waals surface area contributed by atoms with Gasteiger partial charge >= 0.3 is 23.9 Å². The van der Waals surface area contributed by atoms with Gasteiger partial charge in [0.2, 0.25) is 0 Å². The maximum absolute atomic E-state index is 11.6. The number of carboxylic acid groups (broad SMARTS) is 2. The first-order valence-electron chi connectivity index (χ1n) is 5.55. The number of hydrogen-bond acceptors (Lipinski definition) is 6. The van der Waals surface area contributed by atoms with Crippen molar-refractivity contribution in [1.29, 1.82) is 0 Å². The number of carbonyl (C=O) groups excluding carboxylic acids is 2. The number of hydrogen-bond donors (Lipinski definition) is 3. The molecule has 0 aromatic heterocycles. The normalized spacial score (nSPS) is 15.1. The topological polar surface area (TPSA) is 138 Å². The van der Waals surface area contributed by atoms with Gasteiger partial charge in [-0.15, -0.1) is 0 Å². The van der Waals surface area contributed by atoms with Gasteiger partial charge in [-0.25, -0.2) is 4.79 Å². The minimum absolute atomic E-state index is 0.123. The zero-order chi connectivity index (χ0) is 15.2.